The standard InChI is InChI=1S/C54H28N2O2/c1-5-13-41-37(11-1)49-51-39-23-19-30(32-18-22-36-34-10-4-8-16-46(34)58-48(36)28-32)26-44(39)56-42-14-6-2-12-38(42)50(54(51)56)52-40-24-20-29(25-43(40)55(41)53(49)52)31-17-21-35-33-9-3-7-15-45(33)57-47(35)27-31/h1-28H. The van der Waals surface area contributed by atoms with Crippen molar-refractivity contribution in [3.8, 4) is 22.3 Å². The summed E-state index contributed by atoms with van der Waals surface area (Å²) in [6.07, 6.45) is 0. The molecule has 0 aliphatic rings. The van der Waals surface area contributed by atoms with E-state index in [1.165, 1.54) is 87.3 Å². The van der Waals surface area contributed by atoms with Crippen molar-refractivity contribution in [3.05, 3.63) is 170 Å². The highest BCUT2D eigenvalue weighted by Crippen LogP contribution is 2.52. The van der Waals surface area contributed by atoms with Crippen LogP contribution in [-0.4, -0.2) is 8.80 Å². The van der Waals surface area contributed by atoms with Crippen molar-refractivity contribution in [2.45, 2.75) is 0 Å². The fourth-order valence-electron chi connectivity index (χ4n) is 10.7. The Morgan fingerprint density at radius 3 is 1.03 bits per heavy atom. The van der Waals surface area contributed by atoms with E-state index in [-0.39, 0.29) is 0 Å². The van der Waals surface area contributed by atoms with Crippen molar-refractivity contribution in [1.82, 2.24) is 8.80 Å². The van der Waals surface area contributed by atoms with Gasteiger partial charge in [0, 0.05) is 64.6 Å². The van der Waals surface area contributed by atoms with Gasteiger partial charge in [0.25, 0.3) is 0 Å². The summed E-state index contributed by atoms with van der Waals surface area (Å²) < 4.78 is 17.8. The lowest BCUT2D eigenvalue weighted by Crippen LogP contribution is -1.83. The summed E-state index contributed by atoms with van der Waals surface area (Å²) in [6.45, 7) is 0. The maximum atomic E-state index is 6.34. The fourth-order valence-corrected chi connectivity index (χ4v) is 10.7. The molecule has 15 rings (SSSR count). The highest BCUT2D eigenvalue weighted by molar-refractivity contribution is 6.45. The third-order valence-corrected chi connectivity index (χ3v) is 13.2. The van der Waals surface area contributed by atoms with E-state index in [0.29, 0.717) is 0 Å². The van der Waals surface area contributed by atoms with Gasteiger partial charge in [-0.25, -0.2) is 0 Å². The second kappa shape index (κ2) is 10.1. The summed E-state index contributed by atoms with van der Waals surface area (Å²) in [6, 6.07) is 61.9. The van der Waals surface area contributed by atoms with Gasteiger partial charge in [0.2, 0.25) is 0 Å². The Morgan fingerprint density at radius 2 is 0.586 bits per heavy atom. The first-order valence-corrected chi connectivity index (χ1v) is 19.9. The monoisotopic (exact) mass is 736 g/mol. The molecule has 6 heterocycles. The number of hydrogen-bond acceptors (Lipinski definition) is 2. The molecule has 0 saturated heterocycles. The SMILES string of the molecule is c1ccc2c(c1)oc1cc(-c3ccc4c5c6c7ccccc7n7c8cc(-c9ccc%10c(c9)oc9ccccc9%10)ccc8c(c8c9ccccc9n(c4c3)c85)c67)ccc12. The first-order valence-electron chi connectivity index (χ1n) is 19.9. The minimum atomic E-state index is 0.912. The molecule has 6 aromatic heterocycles. The molecule has 266 valence electrons. The molecule has 0 saturated carbocycles. The molecule has 0 unspecified atom stereocenters. The van der Waals surface area contributed by atoms with Crippen LogP contribution in [0.2, 0.25) is 0 Å². The Hall–Kier alpha value is -7.82. The quantitative estimate of drug-likeness (QED) is 0.177. The zero-order valence-corrected chi connectivity index (χ0v) is 30.9. The predicted molar refractivity (Wildman–Crippen MR) is 241 cm³/mol. The molecule has 0 amide bonds. The minimum Gasteiger partial charge on any atom is -0.456 e. The van der Waals surface area contributed by atoms with Gasteiger partial charge in [-0.1, -0.05) is 109 Å². The van der Waals surface area contributed by atoms with Gasteiger partial charge in [0.1, 0.15) is 22.3 Å². The van der Waals surface area contributed by atoms with E-state index >= 15 is 0 Å². The number of benzene rings is 9. The molecule has 4 heteroatoms. The lowest BCUT2D eigenvalue weighted by molar-refractivity contribution is 0.668. The van der Waals surface area contributed by atoms with E-state index in [1.54, 1.807) is 0 Å². The molecule has 0 N–H and O–H groups in total. The normalized spacial score (nSPS) is 12.8. The summed E-state index contributed by atoms with van der Waals surface area (Å²) >= 11 is 0. The molecule has 15 aromatic rings. The number of fused-ring (bicyclic) bond motifs is 20. The van der Waals surface area contributed by atoms with E-state index in [9.17, 15) is 0 Å². The Kier molecular flexibility index (Phi) is 5.14. The zero-order chi connectivity index (χ0) is 37.4. The number of hydrogen-bond donors (Lipinski definition) is 0. The smallest absolute Gasteiger partial charge is 0.136 e. The van der Waals surface area contributed by atoms with Crippen molar-refractivity contribution >= 4 is 120 Å². The molecule has 0 aliphatic heterocycles. The molecule has 0 fully saturated rings. The van der Waals surface area contributed by atoms with Crippen LogP contribution in [0.1, 0.15) is 0 Å². The van der Waals surface area contributed by atoms with Crippen LogP contribution in [0.5, 0.6) is 0 Å². The van der Waals surface area contributed by atoms with Gasteiger partial charge in [0.05, 0.1) is 33.1 Å². The average molecular weight is 737 g/mol. The van der Waals surface area contributed by atoms with E-state index < -0.39 is 0 Å². The van der Waals surface area contributed by atoms with Gasteiger partial charge >= 0.3 is 0 Å². The molecule has 0 aliphatic carbocycles. The van der Waals surface area contributed by atoms with Crippen LogP contribution in [0.15, 0.2) is 179 Å². The first-order chi connectivity index (χ1) is 28.8. The van der Waals surface area contributed by atoms with Crippen LogP contribution < -0.4 is 0 Å². The molecular weight excluding hydrogens is 709 g/mol. The van der Waals surface area contributed by atoms with Crippen molar-refractivity contribution in [3.63, 3.8) is 0 Å². The van der Waals surface area contributed by atoms with Gasteiger partial charge in [0.15, 0.2) is 0 Å². The van der Waals surface area contributed by atoms with Crippen LogP contribution in [0.25, 0.3) is 142 Å². The predicted octanol–water partition coefficient (Wildman–Crippen LogP) is 15.1. The van der Waals surface area contributed by atoms with E-state index in [2.05, 4.69) is 154 Å². The Bertz CT molecular complexity index is 3990. The van der Waals surface area contributed by atoms with Crippen LogP contribution in [-0.2, 0) is 0 Å². The third-order valence-electron chi connectivity index (χ3n) is 13.2. The van der Waals surface area contributed by atoms with Gasteiger partial charge in [-0.15, -0.1) is 0 Å². The Balaban J connectivity index is 1.05. The Morgan fingerprint density at radius 1 is 0.259 bits per heavy atom. The number of aromatic nitrogens is 2. The lowest BCUT2D eigenvalue weighted by Gasteiger charge is -2.05. The number of furan rings is 2. The molecule has 58 heavy (non-hydrogen) atoms. The fraction of sp³-hybridized carbons (Fsp3) is 0. The van der Waals surface area contributed by atoms with Gasteiger partial charge in [-0.3, -0.25) is 0 Å². The minimum absolute atomic E-state index is 0.912. The van der Waals surface area contributed by atoms with E-state index in [0.717, 1.165) is 55.0 Å². The maximum Gasteiger partial charge on any atom is 0.136 e. The van der Waals surface area contributed by atoms with Crippen LogP contribution in [0.4, 0.5) is 0 Å². The van der Waals surface area contributed by atoms with Crippen LogP contribution in [0, 0.1) is 0 Å². The highest BCUT2D eigenvalue weighted by atomic mass is 16.3. The van der Waals surface area contributed by atoms with Crippen molar-refractivity contribution in [2.24, 2.45) is 0 Å². The van der Waals surface area contributed by atoms with Gasteiger partial charge in [-0.05, 0) is 82.9 Å². The molecule has 9 aromatic carbocycles. The van der Waals surface area contributed by atoms with Crippen molar-refractivity contribution in [2.75, 3.05) is 0 Å². The number of rotatable bonds is 2. The first kappa shape index (κ1) is 29.5. The van der Waals surface area contributed by atoms with E-state index in [1.807, 2.05) is 24.3 Å². The largest absolute Gasteiger partial charge is 0.456 e. The van der Waals surface area contributed by atoms with Crippen molar-refractivity contribution < 1.29 is 8.83 Å². The van der Waals surface area contributed by atoms with Crippen molar-refractivity contribution in [1.29, 1.82) is 0 Å². The molecule has 0 spiro atoms. The average Bonchev–Trinajstić information content (AvgIpc) is 4.11. The number of nitrogens with zero attached hydrogens (tertiary/aromatic N) is 2. The topological polar surface area (TPSA) is 35.1 Å². The second-order valence-electron chi connectivity index (χ2n) is 16.0. The molecule has 0 bridgehead atoms. The van der Waals surface area contributed by atoms with Crippen LogP contribution >= 0.6 is 0 Å². The summed E-state index contributed by atoms with van der Waals surface area (Å²) in [5.74, 6) is 0. The summed E-state index contributed by atoms with van der Waals surface area (Å²) in [5, 5.41) is 15.0. The summed E-state index contributed by atoms with van der Waals surface area (Å²) in [4.78, 5) is 0. The lowest BCUT2D eigenvalue weighted by atomic mass is 9.96. The third kappa shape index (κ3) is 3.46. The molecule has 0 radical (unpaired) electrons. The Labute approximate surface area is 328 Å². The number of para-hydroxylation sites is 4. The summed E-state index contributed by atoms with van der Waals surface area (Å²) in [7, 11) is 0. The van der Waals surface area contributed by atoms with E-state index in [4.69, 9.17) is 8.83 Å². The van der Waals surface area contributed by atoms with Gasteiger partial charge < -0.3 is 17.6 Å². The summed E-state index contributed by atoms with van der Waals surface area (Å²) in [5.41, 5.74) is 15.8. The van der Waals surface area contributed by atoms with Gasteiger partial charge in [-0.2, -0.15) is 0 Å². The maximum absolute atomic E-state index is 6.34. The molecular formula is C54H28N2O2. The van der Waals surface area contributed by atoms with Crippen LogP contribution in [0.3, 0.4) is 0 Å². The molecule has 4 nitrogen and oxygen atoms in total. The zero-order valence-electron chi connectivity index (χ0n) is 30.9. The second-order valence-corrected chi connectivity index (χ2v) is 16.0. The molecule has 0 atom stereocenters. The highest BCUT2D eigenvalue weighted by Gasteiger charge is 2.28.